The van der Waals surface area contributed by atoms with Crippen LogP contribution in [0.15, 0.2) is 62.6 Å². The zero-order chi connectivity index (χ0) is 25.7. The third kappa shape index (κ3) is 3.09. The Hall–Kier alpha value is -4.20. The van der Waals surface area contributed by atoms with Gasteiger partial charge in [-0.15, -0.1) is 0 Å². The Labute approximate surface area is 218 Å². The van der Waals surface area contributed by atoms with E-state index in [-0.39, 0.29) is 12.0 Å². The number of hydrogen-bond donors (Lipinski definition) is 1. The van der Waals surface area contributed by atoms with Gasteiger partial charge in [0.2, 0.25) is 0 Å². The van der Waals surface area contributed by atoms with Crippen LogP contribution in [0.1, 0.15) is 84.6 Å². The first-order valence-electron chi connectivity index (χ1n) is 13.3. The minimum absolute atomic E-state index is 0.0315. The van der Waals surface area contributed by atoms with Gasteiger partial charge in [0.1, 0.15) is 23.2 Å². The van der Waals surface area contributed by atoms with Crippen molar-refractivity contribution >= 4 is 22.4 Å². The van der Waals surface area contributed by atoms with Crippen molar-refractivity contribution in [3.63, 3.8) is 0 Å². The summed E-state index contributed by atoms with van der Waals surface area (Å²) in [5.41, 5.74) is 10.8. The van der Waals surface area contributed by atoms with Crippen LogP contribution in [0.25, 0.3) is 22.4 Å². The summed E-state index contributed by atoms with van der Waals surface area (Å²) >= 11 is 0. The fourth-order valence-corrected chi connectivity index (χ4v) is 6.60. The van der Waals surface area contributed by atoms with Crippen LogP contribution < -0.4 is 5.76 Å². The van der Waals surface area contributed by atoms with Crippen LogP contribution in [0.4, 0.5) is 0 Å². The van der Waals surface area contributed by atoms with Crippen molar-refractivity contribution < 1.29 is 9.26 Å². The lowest BCUT2D eigenvalue weighted by Gasteiger charge is -2.33. The van der Waals surface area contributed by atoms with Crippen molar-refractivity contribution in [3.05, 3.63) is 97.9 Å². The predicted molar refractivity (Wildman–Crippen MR) is 142 cm³/mol. The number of nitrogens with one attached hydrogen (secondary N) is 1. The number of aryl methyl sites for hydroxylation is 2. The van der Waals surface area contributed by atoms with E-state index < -0.39 is 5.76 Å². The molecule has 8 rings (SSSR count). The number of benzene rings is 1. The molecule has 4 heterocycles. The SMILES string of the molecule is CC(=C1CC(n2c(C3CC3)nc3c(C)cc(C)nc32)=CC2=C1C1CC(O2)c2ccccc21)c1noc(=O)[nH]1. The smallest absolute Gasteiger partial charge is 0.439 e. The molecule has 3 aromatic heterocycles. The van der Waals surface area contributed by atoms with Gasteiger partial charge < -0.3 is 4.74 Å². The molecular formula is C30H27N5O3. The van der Waals surface area contributed by atoms with E-state index in [1.807, 2.05) is 13.8 Å². The highest BCUT2D eigenvalue weighted by atomic mass is 16.5. The van der Waals surface area contributed by atoms with Crippen LogP contribution in [-0.2, 0) is 4.74 Å². The summed E-state index contributed by atoms with van der Waals surface area (Å²) in [4.78, 5) is 24.7. The minimum atomic E-state index is -0.557. The molecule has 1 aromatic carbocycles. The van der Waals surface area contributed by atoms with Gasteiger partial charge in [-0.3, -0.25) is 14.1 Å². The average Bonchev–Trinajstić information content (AvgIpc) is 3.45. The van der Waals surface area contributed by atoms with E-state index in [0.717, 1.165) is 70.1 Å². The van der Waals surface area contributed by atoms with Gasteiger partial charge in [0.05, 0.1) is 0 Å². The summed E-state index contributed by atoms with van der Waals surface area (Å²) in [5, 5.41) is 4.04. The van der Waals surface area contributed by atoms with Gasteiger partial charge in [-0.25, -0.2) is 14.8 Å². The maximum Gasteiger partial charge on any atom is 0.439 e. The summed E-state index contributed by atoms with van der Waals surface area (Å²) in [6, 6.07) is 10.7. The molecule has 4 aromatic rings. The number of aromatic nitrogens is 5. The lowest BCUT2D eigenvalue weighted by Crippen LogP contribution is -2.19. The normalized spacial score (nSPS) is 23.3. The third-order valence-corrected chi connectivity index (χ3v) is 8.47. The molecule has 1 N–H and O–H groups in total. The molecule has 1 aliphatic heterocycles. The Morgan fingerprint density at radius 1 is 1.13 bits per heavy atom. The lowest BCUT2D eigenvalue weighted by atomic mass is 9.79. The second-order valence-corrected chi connectivity index (χ2v) is 11.0. The largest absolute Gasteiger partial charge is 0.485 e. The van der Waals surface area contributed by atoms with Crippen molar-refractivity contribution in [2.24, 2.45) is 0 Å². The van der Waals surface area contributed by atoms with Gasteiger partial charge >= 0.3 is 5.76 Å². The number of nitrogens with zero attached hydrogens (tertiary/aromatic N) is 4. The summed E-state index contributed by atoms with van der Waals surface area (Å²) in [6.45, 7) is 6.15. The summed E-state index contributed by atoms with van der Waals surface area (Å²) < 4.78 is 13.9. The van der Waals surface area contributed by atoms with Gasteiger partial charge in [0.25, 0.3) is 0 Å². The maximum absolute atomic E-state index is 11.9. The Balaban J connectivity index is 1.39. The molecule has 2 atom stereocenters. The Bertz CT molecular complexity index is 1830. The highest BCUT2D eigenvalue weighted by molar-refractivity contribution is 5.83. The first-order valence-corrected chi connectivity index (χ1v) is 13.3. The fourth-order valence-electron chi connectivity index (χ4n) is 6.60. The molecule has 1 saturated carbocycles. The van der Waals surface area contributed by atoms with Crippen molar-refractivity contribution in [1.82, 2.24) is 24.7 Å². The van der Waals surface area contributed by atoms with Crippen molar-refractivity contribution in [3.8, 4) is 0 Å². The number of hydrogen-bond acceptors (Lipinski definition) is 6. The quantitative estimate of drug-likeness (QED) is 0.376. The number of ether oxygens (including phenoxy) is 1. The van der Waals surface area contributed by atoms with E-state index in [0.29, 0.717) is 18.2 Å². The van der Waals surface area contributed by atoms with E-state index in [1.165, 1.54) is 16.7 Å². The Morgan fingerprint density at radius 3 is 2.71 bits per heavy atom. The van der Waals surface area contributed by atoms with Crippen molar-refractivity contribution in [2.45, 2.75) is 64.4 Å². The Morgan fingerprint density at radius 2 is 1.95 bits per heavy atom. The van der Waals surface area contributed by atoms with Crippen LogP contribution >= 0.6 is 0 Å². The first kappa shape index (κ1) is 21.8. The molecule has 8 heteroatoms. The topological polar surface area (TPSA) is 98.8 Å². The molecule has 4 aliphatic rings. The number of pyridine rings is 1. The maximum atomic E-state index is 11.9. The summed E-state index contributed by atoms with van der Waals surface area (Å²) in [7, 11) is 0. The number of aromatic amines is 1. The first-order chi connectivity index (χ1) is 18.5. The van der Waals surface area contributed by atoms with Gasteiger partial charge in [0, 0.05) is 41.3 Å². The van der Waals surface area contributed by atoms with E-state index in [1.54, 1.807) is 0 Å². The van der Waals surface area contributed by atoms with Crippen LogP contribution in [-0.4, -0.2) is 24.7 Å². The molecule has 0 saturated heterocycles. The van der Waals surface area contributed by atoms with E-state index in [9.17, 15) is 4.79 Å². The van der Waals surface area contributed by atoms with Gasteiger partial charge in [0.15, 0.2) is 11.5 Å². The van der Waals surface area contributed by atoms with E-state index in [4.69, 9.17) is 19.2 Å². The number of fused-ring (bicyclic) bond motifs is 7. The second kappa shape index (κ2) is 7.66. The standard InChI is InChI=1S/C30H27N5O3/c1-14-10-15(2)31-29-26(14)32-28(17-8-9-17)35(29)18-11-21(16(3)27-33-30(36)38-34-27)25-22-13-23(37-24(25)12-18)20-7-5-4-6-19(20)22/h4-7,10,12,17,22-23H,8-9,11,13H2,1-3H3,(H,33,34,36). The molecule has 2 bridgehead atoms. The van der Waals surface area contributed by atoms with Crippen molar-refractivity contribution in [1.29, 1.82) is 0 Å². The molecule has 8 nitrogen and oxygen atoms in total. The van der Waals surface area contributed by atoms with Crippen LogP contribution in [0.5, 0.6) is 0 Å². The van der Waals surface area contributed by atoms with Crippen LogP contribution in [0.3, 0.4) is 0 Å². The highest BCUT2D eigenvalue weighted by Crippen LogP contribution is 2.57. The molecule has 0 amide bonds. The van der Waals surface area contributed by atoms with Crippen LogP contribution in [0.2, 0.25) is 0 Å². The molecule has 1 fully saturated rings. The zero-order valence-electron chi connectivity index (χ0n) is 21.5. The van der Waals surface area contributed by atoms with Gasteiger partial charge in [-0.1, -0.05) is 29.4 Å². The molecule has 3 aliphatic carbocycles. The van der Waals surface area contributed by atoms with Crippen molar-refractivity contribution in [2.75, 3.05) is 0 Å². The fraction of sp³-hybridized carbons (Fsp3) is 0.333. The molecule has 38 heavy (non-hydrogen) atoms. The second-order valence-electron chi connectivity index (χ2n) is 11.0. The van der Waals surface area contributed by atoms with Gasteiger partial charge in [-0.2, -0.15) is 0 Å². The zero-order valence-corrected chi connectivity index (χ0v) is 21.5. The van der Waals surface area contributed by atoms with E-state index in [2.05, 4.69) is 58.0 Å². The summed E-state index contributed by atoms with van der Waals surface area (Å²) in [5.74, 6) is 2.52. The minimum Gasteiger partial charge on any atom is -0.485 e. The number of H-pyrrole nitrogens is 1. The molecular weight excluding hydrogens is 478 g/mol. The molecule has 2 unspecified atom stereocenters. The van der Waals surface area contributed by atoms with Crippen LogP contribution in [0, 0.1) is 13.8 Å². The lowest BCUT2D eigenvalue weighted by molar-refractivity contribution is 0.107. The number of allylic oxidation sites excluding steroid dienone is 5. The Kier molecular flexibility index (Phi) is 4.40. The third-order valence-electron chi connectivity index (χ3n) is 8.47. The molecule has 0 spiro atoms. The number of imidazole rings is 1. The molecule has 0 radical (unpaired) electrons. The molecule has 190 valence electrons. The van der Waals surface area contributed by atoms with Gasteiger partial charge in [-0.05, 0) is 73.9 Å². The number of rotatable bonds is 3. The van der Waals surface area contributed by atoms with E-state index >= 15 is 0 Å². The average molecular weight is 506 g/mol. The highest BCUT2D eigenvalue weighted by Gasteiger charge is 2.44. The summed E-state index contributed by atoms with van der Waals surface area (Å²) in [6.07, 6.45) is 6.07. The predicted octanol–water partition coefficient (Wildman–Crippen LogP) is 5.83. The monoisotopic (exact) mass is 505 g/mol.